The quantitative estimate of drug-likeness (QED) is 0.633. The molecule has 18 heavy (non-hydrogen) atoms. The van der Waals surface area contributed by atoms with Crippen LogP contribution in [0.1, 0.15) is 32.6 Å². The number of imide groups is 1. The molecule has 1 aliphatic rings. The minimum atomic E-state index is -0.409. The zero-order valence-electron chi connectivity index (χ0n) is 10.8. The fraction of sp³-hybridized carbons (Fsp3) is 0.750. The van der Waals surface area contributed by atoms with E-state index in [1.165, 1.54) is 4.90 Å². The van der Waals surface area contributed by atoms with E-state index in [1.807, 2.05) is 0 Å². The molecule has 0 radical (unpaired) electrons. The molecule has 6 heteroatoms. The minimum Gasteiger partial charge on any atom is -0.330 e. The van der Waals surface area contributed by atoms with Gasteiger partial charge in [-0.1, -0.05) is 13.3 Å². The van der Waals surface area contributed by atoms with E-state index in [9.17, 15) is 14.4 Å². The van der Waals surface area contributed by atoms with Crippen LogP contribution >= 0.6 is 0 Å². The summed E-state index contributed by atoms with van der Waals surface area (Å²) < 4.78 is 0. The molecule has 1 unspecified atom stereocenters. The number of carbonyl (C=O) groups excluding carboxylic acids is 3. The SMILES string of the molecule is CCC(CCN)CCC(=O)N1CC(=O)NC(=O)C1. The molecule has 3 N–H and O–H groups in total. The molecule has 1 saturated heterocycles. The van der Waals surface area contributed by atoms with Gasteiger partial charge in [-0.05, 0) is 25.3 Å². The van der Waals surface area contributed by atoms with E-state index >= 15 is 0 Å². The molecule has 3 amide bonds. The summed E-state index contributed by atoms with van der Waals surface area (Å²) in [6, 6.07) is 0. The van der Waals surface area contributed by atoms with Crippen LogP contribution < -0.4 is 11.1 Å². The van der Waals surface area contributed by atoms with Gasteiger partial charge in [0.05, 0.1) is 0 Å². The summed E-state index contributed by atoms with van der Waals surface area (Å²) in [6.45, 7) is 2.66. The van der Waals surface area contributed by atoms with Gasteiger partial charge in [-0.15, -0.1) is 0 Å². The van der Waals surface area contributed by atoms with Crippen LogP contribution in [0, 0.1) is 5.92 Å². The molecule has 1 atom stereocenters. The van der Waals surface area contributed by atoms with Gasteiger partial charge in [0.25, 0.3) is 0 Å². The molecule has 0 bridgehead atoms. The number of hydrogen-bond acceptors (Lipinski definition) is 4. The van der Waals surface area contributed by atoms with Crippen molar-refractivity contribution in [2.75, 3.05) is 19.6 Å². The zero-order chi connectivity index (χ0) is 13.5. The summed E-state index contributed by atoms with van der Waals surface area (Å²) in [5.41, 5.74) is 5.50. The summed E-state index contributed by atoms with van der Waals surface area (Å²) in [5.74, 6) is -0.510. The normalized spacial score (nSPS) is 17.6. The average Bonchev–Trinajstić information content (AvgIpc) is 2.32. The monoisotopic (exact) mass is 255 g/mol. The van der Waals surface area contributed by atoms with Crippen LogP contribution in [0.3, 0.4) is 0 Å². The Morgan fingerprint density at radius 2 is 1.94 bits per heavy atom. The van der Waals surface area contributed by atoms with E-state index in [4.69, 9.17) is 5.73 Å². The molecule has 0 saturated carbocycles. The van der Waals surface area contributed by atoms with Gasteiger partial charge in [0.1, 0.15) is 13.1 Å². The van der Waals surface area contributed by atoms with Gasteiger partial charge in [0.2, 0.25) is 17.7 Å². The van der Waals surface area contributed by atoms with Crippen LogP contribution in [0.5, 0.6) is 0 Å². The fourth-order valence-corrected chi connectivity index (χ4v) is 2.09. The van der Waals surface area contributed by atoms with Gasteiger partial charge in [-0.3, -0.25) is 19.7 Å². The summed E-state index contributed by atoms with van der Waals surface area (Å²) in [4.78, 5) is 35.5. The predicted octanol–water partition coefficient (Wildman–Crippen LogP) is -0.373. The van der Waals surface area contributed by atoms with Crippen molar-refractivity contribution in [2.24, 2.45) is 11.7 Å². The van der Waals surface area contributed by atoms with E-state index < -0.39 is 11.8 Å². The molecule has 1 aliphatic heterocycles. The molecule has 0 aromatic rings. The van der Waals surface area contributed by atoms with Crippen molar-refractivity contribution in [1.82, 2.24) is 10.2 Å². The topological polar surface area (TPSA) is 92.5 Å². The average molecular weight is 255 g/mol. The zero-order valence-corrected chi connectivity index (χ0v) is 10.8. The maximum Gasteiger partial charge on any atom is 0.246 e. The first-order chi connectivity index (χ1) is 8.56. The van der Waals surface area contributed by atoms with E-state index in [0.717, 1.165) is 19.3 Å². The second-order valence-corrected chi connectivity index (χ2v) is 4.61. The van der Waals surface area contributed by atoms with Gasteiger partial charge in [0.15, 0.2) is 0 Å². The first-order valence-corrected chi connectivity index (χ1v) is 6.37. The Bertz CT molecular complexity index is 315. The number of nitrogens with zero attached hydrogens (tertiary/aromatic N) is 1. The number of piperazine rings is 1. The molecular weight excluding hydrogens is 234 g/mol. The molecule has 0 aromatic heterocycles. The second-order valence-electron chi connectivity index (χ2n) is 4.61. The number of rotatable bonds is 6. The van der Waals surface area contributed by atoms with Gasteiger partial charge in [-0.2, -0.15) is 0 Å². The first kappa shape index (κ1) is 14.6. The summed E-state index contributed by atoms with van der Waals surface area (Å²) >= 11 is 0. The molecule has 0 spiro atoms. The number of nitrogens with one attached hydrogen (secondary N) is 1. The van der Waals surface area contributed by atoms with Crippen molar-refractivity contribution in [3.05, 3.63) is 0 Å². The Balaban J connectivity index is 2.40. The van der Waals surface area contributed by atoms with Gasteiger partial charge in [-0.25, -0.2) is 0 Å². The van der Waals surface area contributed by atoms with Gasteiger partial charge in [0, 0.05) is 6.42 Å². The van der Waals surface area contributed by atoms with Crippen LogP contribution in [0.25, 0.3) is 0 Å². The number of carbonyl (C=O) groups is 3. The maximum absolute atomic E-state index is 11.9. The lowest BCUT2D eigenvalue weighted by Gasteiger charge is -2.26. The van der Waals surface area contributed by atoms with E-state index in [-0.39, 0.29) is 19.0 Å². The molecule has 1 heterocycles. The summed E-state index contributed by atoms with van der Waals surface area (Å²) in [6.07, 6.45) is 3.03. The third kappa shape index (κ3) is 4.44. The smallest absolute Gasteiger partial charge is 0.246 e. The van der Waals surface area contributed by atoms with E-state index in [0.29, 0.717) is 18.9 Å². The van der Waals surface area contributed by atoms with Gasteiger partial charge >= 0.3 is 0 Å². The number of nitrogens with two attached hydrogens (primary N) is 1. The van der Waals surface area contributed by atoms with Crippen LogP contribution in [0.4, 0.5) is 0 Å². The molecular formula is C12H21N3O3. The van der Waals surface area contributed by atoms with Crippen LogP contribution in [0.15, 0.2) is 0 Å². The Hall–Kier alpha value is -1.43. The lowest BCUT2D eigenvalue weighted by atomic mass is 9.96. The lowest BCUT2D eigenvalue weighted by molar-refractivity contribution is -0.145. The van der Waals surface area contributed by atoms with E-state index in [1.54, 1.807) is 0 Å². The molecule has 6 nitrogen and oxygen atoms in total. The highest BCUT2D eigenvalue weighted by atomic mass is 16.2. The molecule has 102 valence electrons. The highest BCUT2D eigenvalue weighted by molar-refractivity contribution is 6.02. The Morgan fingerprint density at radius 1 is 1.33 bits per heavy atom. The summed E-state index contributed by atoms with van der Waals surface area (Å²) in [5, 5.41) is 2.17. The maximum atomic E-state index is 11.9. The molecule has 0 aromatic carbocycles. The third-order valence-corrected chi connectivity index (χ3v) is 3.22. The Morgan fingerprint density at radius 3 is 2.44 bits per heavy atom. The highest BCUT2D eigenvalue weighted by Crippen LogP contribution is 2.15. The Labute approximate surface area is 107 Å². The lowest BCUT2D eigenvalue weighted by Crippen LogP contribution is -2.53. The van der Waals surface area contributed by atoms with Crippen molar-refractivity contribution in [3.63, 3.8) is 0 Å². The molecule has 0 aliphatic carbocycles. The highest BCUT2D eigenvalue weighted by Gasteiger charge is 2.26. The second kappa shape index (κ2) is 7.10. The fourth-order valence-electron chi connectivity index (χ4n) is 2.09. The van der Waals surface area contributed by atoms with Crippen molar-refractivity contribution in [1.29, 1.82) is 0 Å². The van der Waals surface area contributed by atoms with Crippen molar-refractivity contribution in [2.45, 2.75) is 32.6 Å². The molecule has 1 rings (SSSR count). The van der Waals surface area contributed by atoms with Gasteiger partial charge < -0.3 is 10.6 Å². The number of hydrogen-bond donors (Lipinski definition) is 2. The largest absolute Gasteiger partial charge is 0.330 e. The predicted molar refractivity (Wildman–Crippen MR) is 66.4 cm³/mol. The van der Waals surface area contributed by atoms with E-state index in [2.05, 4.69) is 12.2 Å². The van der Waals surface area contributed by atoms with Crippen LogP contribution in [-0.4, -0.2) is 42.3 Å². The van der Waals surface area contributed by atoms with Crippen molar-refractivity contribution in [3.8, 4) is 0 Å². The third-order valence-electron chi connectivity index (χ3n) is 3.22. The van der Waals surface area contributed by atoms with Crippen molar-refractivity contribution >= 4 is 17.7 Å². The minimum absolute atomic E-state index is 0.0156. The van der Waals surface area contributed by atoms with Crippen molar-refractivity contribution < 1.29 is 14.4 Å². The molecule has 1 fully saturated rings. The summed E-state index contributed by atoms with van der Waals surface area (Å²) in [7, 11) is 0. The first-order valence-electron chi connectivity index (χ1n) is 6.37. The standard InChI is InChI=1S/C12H21N3O3/c1-2-9(5-6-13)3-4-12(18)15-7-10(16)14-11(17)8-15/h9H,2-8,13H2,1H3,(H,14,16,17). The number of amides is 3. The Kier molecular flexibility index (Phi) is 5.77. The van der Waals surface area contributed by atoms with Crippen LogP contribution in [-0.2, 0) is 14.4 Å². The van der Waals surface area contributed by atoms with Crippen LogP contribution in [0.2, 0.25) is 0 Å².